The van der Waals surface area contributed by atoms with E-state index in [0.29, 0.717) is 5.69 Å². The molecule has 0 unspecified atom stereocenters. The summed E-state index contributed by atoms with van der Waals surface area (Å²) in [5.74, 6) is -2.40. The van der Waals surface area contributed by atoms with E-state index in [1.807, 2.05) is 24.3 Å². The first kappa shape index (κ1) is 23.0. The van der Waals surface area contributed by atoms with Gasteiger partial charge in [-0.1, -0.05) is 32.0 Å². The summed E-state index contributed by atoms with van der Waals surface area (Å²) in [5, 5.41) is 15.8. The van der Waals surface area contributed by atoms with Gasteiger partial charge in [-0.25, -0.2) is 9.78 Å². The van der Waals surface area contributed by atoms with Crippen LogP contribution < -0.4 is 16.4 Å². The molecule has 0 fully saturated rings. The van der Waals surface area contributed by atoms with Crippen LogP contribution in [0.4, 0.5) is 0 Å². The van der Waals surface area contributed by atoms with Crippen molar-refractivity contribution >= 4 is 28.7 Å². The third kappa shape index (κ3) is 5.52. The molecule has 3 aromatic rings. The summed E-state index contributed by atoms with van der Waals surface area (Å²) >= 11 is 0. The molecule has 0 saturated heterocycles. The number of aliphatic carboxylic acids is 1. The number of carboxylic acid groups (broad SMARTS) is 1. The summed E-state index contributed by atoms with van der Waals surface area (Å²) in [4.78, 5) is 47.3. The number of carbonyl (C=O) groups excluding carboxylic acids is 2. The first-order valence-electron chi connectivity index (χ1n) is 10.4. The van der Waals surface area contributed by atoms with Crippen LogP contribution in [0.3, 0.4) is 0 Å². The number of benzene rings is 1. The molecule has 0 saturated carbocycles. The van der Waals surface area contributed by atoms with Crippen LogP contribution in [-0.4, -0.2) is 56.0 Å². The molecule has 2 heterocycles. The Hall–Kier alpha value is -3.66. The van der Waals surface area contributed by atoms with Gasteiger partial charge in [0.05, 0.1) is 12.4 Å². The molecule has 2 aromatic heterocycles. The Morgan fingerprint density at radius 3 is 2.44 bits per heavy atom. The van der Waals surface area contributed by atoms with Gasteiger partial charge in [-0.3, -0.25) is 9.59 Å². The van der Waals surface area contributed by atoms with Crippen molar-refractivity contribution in [1.29, 1.82) is 0 Å². The second-order valence-corrected chi connectivity index (χ2v) is 8.07. The van der Waals surface area contributed by atoms with Gasteiger partial charge in [-0.2, -0.15) is 0 Å². The molecule has 32 heavy (non-hydrogen) atoms. The molecule has 170 valence electrons. The third-order valence-electron chi connectivity index (χ3n) is 5.35. The molecular formula is C22H28N6O4. The lowest BCUT2D eigenvalue weighted by Gasteiger charge is -2.23. The molecule has 3 rings (SSSR count). The molecule has 0 aliphatic carbocycles. The third-order valence-corrected chi connectivity index (χ3v) is 5.35. The number of rotatable bonds is 10. The lowest BCUT2D eigenvalue weighted by Crippen LogP contribution is -2.56. The maximum absolute atomic E-state index is 13.0. The Balaban J connectivity index is 1.76. The Labute approximate surface area is 185 Å². The van der Waals surface area contributed by atoms with E-state index in [4.69, 9.17) is 5.73 Å². The molecule has 0 aliphatic rings. The second-order valence-electron chi connectivity index (χ2n) is 8.07. The second kappa shape index (κ2) is 10.1. The topological polar surface area (TPSA) is 166 Å². The number of carboxylic acids is 1. The highest BCUT2D eigenvalue weighted by atomic mass is 16.4. The molecule has 0 spiro atoms. The molecule has 0 aliphatic heterocycles. The normalized spacial score (nSPS) is 14.1. The first-order valence-corrected chi connectivity index (χ1v) is 10.4. The van der Waals surface area contributed by atoms with Crippen LogP contribution in [0.25, 0.3) is 10.9 Å². The van der Waals surface area contributed by atoms with E-state index in [-0.39, 0.29) is 18.8 Å². The van der Waals surface area contributed by atoms with E-state index in [9.17, 15) is 19.5 Å². The SMILES string of the molecule is CC(C)[C@H](N)C(=O)N[C@@H](Cc1cnc[nH]1)C(=O)N[C@@H](Cc1c[nH]c2ccccc12)C(=O)O. The number of nitrogens with one attached hydrogen (secondary N) is 4. The number of amides is 2. The number of nitrogens with two attached hydrogens (primary N) is 1. The van der Waals surface area contributed by atoms with Crippen molar-refractivity contribution in [1.82, 2.24) is 25.6 Å². The number of carbonyl (C=O) groups is 3. The highest BCUT2D eigenvalue weighted by Crippen LogP contribution is 2.19. The Bertz CT molecular complexity index is 1080. The van der Waals surface area contributed by atoms with Gasteiger partial charge in [0.1, 0.15) is 12.1 Å². The van der Waals surface area contributed by atoms with Gasteiger partial charge in [0.2, 0.25) is 11.8 Å². The van der Waals surface area contributed by atoms with E-state index in [2.05, 4.69) is 25.6 Å². The first-order chi connectivity index (χ1) is 15.3. The number of fused-ring (bicyclic) bond motifs is 1. The molecule has 1 aromatic carbocycles. The quantitative estimate of drug-likeness (QED) is 0.272. The van der Waals surface area contributed by atoms with E-state index in [1.165, 1.54) is 12.5 Å². The maximum atomic E-state index is 13.0. The minimum Gasteiger partial charge on any atom is -0.480 e. The molecule has 10 nitrogen and oxygen atoms in total. The number of para-hydroxylation sites is 1. The van der Waals surface area contributed by atoms with Crippen LogP contribution in [0.5, 0.6) is 0 Å². The largest absolute Gasteiger partial charge is 0.480 e. The average Bonchev–Trinajstić information content (AvgIpc) is 3.42. The van der Waals surface area contributed by atoms with Crippen LogP contribution >= 0.6 is 0 Å². The zero-order valence-corrected chi connectivity index (χ0v) is 18.0. The Kier molecular flexibility index (Phi) is 7.26. The average molecular weight is 441 g/mol. The monoisotopic (exact) mass is 440 g/mol. The smallest absolute Gasteiger partial charge is 0.326 e. The maximum Gasteiger partial charge on any atom is 0.326 e. The minimum atomic E-state index is -1.18. The van der Waals surface area contributed by atoms with Crippen molar-refractivity contribution in [3.8, 4) is 0 Å². The molecule has 0 bridgehead atoms. The van der Waals surface area contributed by atoms with Crippen molar-refractivity contribution in [3.05, 3.63) is 54.2 Å². The summed E-state index contributed by atoms with van der Waals surface area (Å²) in [7, 11) is 0. The van der Waals surface area contributed by atoms with Gasteiger partial charge in [0.25, 0.3) is 0 Å². The predicted octanol–water partition coefficient (Wildman–Crippen LogP) is 0.714. The van der Waals surface area contributed by atoms with E-state index in [0.717, 1.165) is 16.5 Å². The van der Waals surface area contributed by atoms with Crippen LogP contribution in [0.1, 0.15) is 25.1 Å². The van der Waals surface area contributed by atoms with Crippen LogP contribution in [0, 0.1) is 5.92 Å². The van der Waals surface area contributed by atoms with Crippen LogP contribution in [0.15, 0.2) is 43.0 Å². The summed E-state index contributed by atoms with van der Waals surface area (Å²) in [6, 6.07) is 4.52. The summed E-state index contributed by atoms with van der Waals surface area (Å²) < 4.78 is 0. The zero-order chi connectivity index (χ0) is 23.3. The number of imidazole rings is 1. The summed E-state index contributed by atoms with van der Waals surface area (Å²) in [6.45, 7) is 3.60. The summed E-state index contributed by atoms with van der Waals surface area (Å²) in [6.07, 6.45) is 4.93. The Morgan fingerprint density at radius 1 is 1.06 bits per heavy atom. The number of hydrogen-bond donors (Lipinski definition) is 6. The van der Waals surface area contributed by atoms with Gasteiger partial charge >= 0.3 is 5.97 Å². The van der Waals surface area contributed by atoms with Gasteiger partial charge in [0.15, 0.2) is 0 Å². The number of H-pyrrole nitrogens is 2. The van der Waals surface area contributed by atoms with Crippen LogP contribution in [0.2, 0.25) is 0 Å². The lowest BCUT2D eigenvalue weighted by molar-refractivity contribution is -0.142. The zero-order valence-electron chi connectivity index (χ0n) is 18.0. The highest BCUT2D eigenvalue weighted by molar-refractivity contribution is 5.92. The van der Waals surface area contributed by atoms with E-state index < -0.39 is 35.9 Å². The number of aromatic amines is 2. The standard InChI is InChI=1S/C22H28N6O4/c1-12(2)19(23)21(30)27-17(8-14-10-24-11-26-14)20(29)28-18(22(31)32)7-13-9-25-16-6-4-3-5-15(13)16/h3-6,9-12,17-19,25H,7-8,23H2,1-2H3,(H,24,26)(H,27,30)(H,28,29)(H,31,32)/t17-,18-,19-/m0/s1. The fourth-order valence-electron chi connectivity index (χ4n) is 3.39. The van der Waals surface area contributed by atoms with E-state index >= 15 is 0 Å². The predicted molar refractivity (Wildman–Crippen MR) is 119 cm³/mol. The van der Waals surface area contributed by atoms with Crippen molar-refractivity contribution < 1.29 is 19.5 Å². The fraction of sp³-hybridized carbons (Fsp3) is 0.364. The Morgan fingerprint density at radius 2 is 1.78 bits per heavy atom. The number of nitrogens with zero attached hydrogens (tertiary/aromatic N) is 1. The molecule has 3 atom stereocenters. The molecule has 0 radical (unpaired) electrons. The van der Waals surface area contributed by atoms with Crippen molar-refractivity contribution in [2.24, 2.45) is 11.7 Å². The minimum absolute atomic E-state index is 0.0846. The van der Waals surface area contributed by atoms with Gasteiger partial charge in [0, 0.05) is 41.8 Å². The summed E-state index contributed by atoms with van der Waals surface area (Å²) in [5.41, 5.74) is 8.18. The van der Waals surface area contributed by atoms with Gasteiger partial charge in [-0.15, -0.1) is 0 Å². The molecule has 10 heteroatoms. The number of aromatic nitrogens is 3. The fourth-order valence-corrected chi connectivity index (χ4v) is 3.39. The molecule has 7 N–H and O–H groups in total. The molecular weight excluding hydrogens is 412 g/mol. The van der Waals surface area contributed by atoms with Gasteiger partial charge in [-0.05, 0) is 17.5 Å². The van der Waals surface area contributed by atoms with Crippen molar-refractivity contribution in [3.63, 3.8) is 0 Å². The van der Waals surface area contributed by atoms with Crippen molar-refractivity contribution in [2.75, 3.05) is 0 Å². The van der Waals surface area contributed by atoms with E-state index in [1.54, 1.807) is 20.0 Å². The van der Waals surface area contributed by atoms with Crippen molar-refractivity contribution in [2.45, 2.75) is 44.8 Å². The number of hydrogen-bond acceptors (Lipinski definition) is 5. The van der Waals surface area contributed by atoms with Crippen LogP contribution in [-0.2, 0) is 27.2 Å². The lowest BCUT2D eigenvalue weighted by atomic mass is 10.0. The molecule has 2 amide bonds. The highest BCUT2D eigenvalue weighted by Gasteiger charge is 2.29. The van der Waals surface area contributed by atoms with Gasteiger partial charge < -0.3 is 31.4 Å².